The van der Waals surface area contributed by atoms with Crippen molar-refractivity contribution in [2.45, 2.75) is 0 Å². The van der Waals surface area contributed by atoms with E-state index < -0.39 is 0 Å². The molecule has 0 bridgehead atoms. The zero-order valence-electron chi connectivity index (χ0n) is 9.32. The minimum atomic E-state index is -0.246. The molecule has 0 amide bonds. The van der Waals surface area contributed by atoms with Crippen LogP contribution >= 0.6 is 0 Å². The van der Waals surface area contributed by atoms with Gasteiger partial charge in [0.1, 0.15) is 12.0 Å². The predicted octanol–water partition coefficient (Wildman–Crippen LogP) is 1.02. The van der Waals surface area contributed by atoms with Crippen LogP contribution in [0.25, 0.3) is 17.2 Å². The molecule has 1 N–H and O–H groups in total. The fourth-order valence-corrected chi connectivity index (χ4v) is 1.66. The molecule has 2 aromatic heterocycles. The number of hydrogen-bond donors (Lipinski definition) is 1. The van der Waals surface area contributed by atoms with Crippen LogP contribution in [-0.2, 0) is 0 Å². The second-order valence-corrected chi connectivity index (χ2v) is 3.67. The van der Waals surface area contributed by atoms with Crippen molar-refractivity contribution in [1.82, 2.24) is 25.0 Å². The first-order valence-electron chi connectivity index (χ1n) is 5.36. The summed E-state index contributed by atoms with van der Waals surface area (Å²) in [7, 11) is 0. The Morgan fingerprint density at radius 2 is 1.89 bits per heavy atom. The Kier molecular flexibility index (Phi) is 2.45. The van der Waals surface area contributed by atoms with E-state index in [1.807, 2.05) is 30.3 Å². The largest absolute Gasteiger partial charge is 0.280 e. The zero-order valence-corrected chi connectivity index (χ0v) is 9.32. The molecule has 2 heterocycles. The van der Waals surface area contributed by atoms with E-state index in [-0.39, 0.29) is 5.56 Å². The van der Waals surface area contributed by atoms with E-state index in [4.69, 9.17) is 0 Å². The molecule has 1 aromatic carbocycles. The van der Waals surface area contributed by atoms with Crippen molar-refractivity contribution >= 4 is 0 Å². The average molecular weight is 239 g/mol. The van der Waals surface area contributed by atoms with Crippen LogP contribution in [-0.4, -0.2) is 25.0 Å². The number of aromatic amines is 1. The van der Waals surface area contributed by atoms with Gasteiger partial charge in [0.15, 0.2) is 5.82 Å². The highest BCUT2D eigenvalue weighted by molar-refractivity contribution is 5.52. The van der Waals surface area contributed by atoms with Crippen molar-refractivity contribution in [1.29, 1.82) is 0 Å². The molecule has 3 aromatic rings. The highest BCUT2D eigenvalue weighted by atomic mass is 16.1. The summed E-state index contributed by atoms with van der Waals surface area (Å²) >= 11 is 0. The van der Waals surface area contributed by atoms with E-state index >= 15 is 0 Å². The van der Waals surface area contributed by atoms with E-state index in [0.717, 1.165) is 5.69 Å². The lowest BCUT2D eigenvalue weighted by Gasteiger charge is -2.04. The van der Waals surface area contributed by atoms with Gasteiger partial charge in [-0.2, -0.15) is 5.10 Å². The Hall–Kier alpha value is -2.76. The molecule has 6 heteroatoms. The molecule has 0 spiro atoms. The van der Waals surface area contributed by atoms with Crippen LogP contribution in [0.3, 0.4) is 0 Å². The van der Waals surface area contributed by atoms with Gasteiger partial charge in [-0.05, 0) is 18.2 Å². The van der Waals surface area contributed by atoms with E-state index in [2.05, 4.69) is 20.4 Å². The number of rotatable bonds is 2. The number of nitrogens with one attached hydrogen (secondary N) is 1. The van der Waals surface area contributed by atoms with Crippen LogP contribution < -0.4 is 5.56 Å². The quantitative estimate of drug-likeness (QED) is 0.724. The molecule has 0 saturated heterocycles. The molecular weight excluding hydrogens is 230 g/mol. The van der Waals surface area contributed by atoms with Gasteiger partial charge in [-0.15, -0.1) is 10.2 Å². The van der Waals surface area contributed by atoms with Gasteiger partial charge in [-0.3, -0.25) is 9.36 Å². The summed E-state index contributed by atoms with van der Waals surface area (Å²) in [6.45, 7) is 0. The molecular formula is C12H9N5O. The van der Waals surface area contributed by atoms with E-state index in [9.17, 15) is 4.79 Å². The first-order valence-corrected chi connectivity index (χ1v) is 5.36. The number of para-hydroxylation sites is 1. The minimum Gasteiger partial charge on any atom is -0.280 e. The van der Waals surface area contributed by atoms with Crippen molar-refractivity contribution in [3.05, 3.63) is 59.1 Å². The molecule has 0 unspecified atom stereocenters. The topological polar surface area (TPSA) is 76.5 Å². The minimum absolute atomic E-state index is 0.246. The summed E-state index contributed by atoms with van der Waals surface area (Å²) < 4.78 is 1.81. The Bertz CT molecular complexity index is 696. The Labute approximate surface area is 102 Å². The third kappa shape index (κ3) is 1.80. The summed E-state index contributed by atoms with van der Waals surface area (Å²) in [6.07, 6.45) is 1.61. The maximum atomic E-state index is 11.0. The lowest BCUT2D eigenvalue weighted by Crippen LogP contribution is -2.07. The normalized spacial score (nSPS) is 10.4. The second-order valence-electron chi connectivity index (χ2n) is 3.67. The van der Waals surface area contributed by atoms with Crippen LogP contribution in [0.15, 0.2) is 53.6 Å². The summed E-state index contributed by atoms with van der Waals surface area (Å²) in [5, 5.41) is 14.2. The van der Waals surface area contributed by atoms with Crippen LogP contribution in [0.5, 0.6) is 0 Å². The maximum absolute atomic E-state index is 11.0. The molecule has 0 aliphatic carbocycles. The van der Waals surface area contributed by atoms with Crippen molar-refractivity contribution in [2.75, 3.05) is 0 Å². The monoisotopic (exact) mass is 239 g/mol. The molecule has 88 valence electrons. The molecule has 3 rings (SSSR count). The Morgan fingerprint density at radius 1 is 1.06 bits per heavy atom. The van der Waals surface area contributed by atoms with Crippen molar-refractivity contribution in [2.24, 2.45) is 0 Å². The number of nitrogens with zero attached hydrogens (tertiary/aromatic N) is 4. The van der Waals surface area contributed by atoms with Crippen LogP contribution in [0.1, 0.15) is 0 Å². The van der Waals surface area contributed by atoms with Gasteiger partial charge < -0.3 is 0 Å². The number of aromatic nitrogens is 5. The van der Waals surface area contributed by atoms with Crippen LogP contribution in [0, 0.1) is 0 Å². The van der Waals surface area contributed by atoms with Gasteiger partial charge in [0.2, 0.25) is 0 Å². The highest BCUT2D eigenvalue weighted by Crippen LogP contribution is 2.16. The summed E-state index contributed by atoms with van der Waals surface area (Å²) in [5.74, 6) is 0.581. The standard InChI is InChI=1S/C12H9N5O/c18-11-7-6-10(14-15-11)12-16-13-8-17(12)9-4-2-1-3-5-9/h1-8H,(H,15,18). The first-order chi connectivity index (χ1) is 8.84. The van der Waals surface area contributed by atoms with Crippen LogP contribution in [0.4, 0.5) is 0 Å². The van der Waals surface area contributed by atoms with Gasteiger partial charge in [0.25, 0.3) is 5.56 Å². The molecule has 0 aliphatic rings. The molecule has 0 aliphatic heterocycles. The molecule has 6 nitrogen and oxygen atoms in total. The average Bonchev–Trinajstić information content (AvgIpc) is 2.90. The third-order valence-electron chi connectivity index (χ3n) is 2.49. The SMILES string of the molecule is O=c1ccc(-c2nncn2-c2ccccc2)n[nH]1. The Morgan fingerprint density at radius 3 is 2.61 bits per heavy atom. The molecule has 0 fully saturated rings. The van der Waals surface area contributed by atoms with Gasteiger partial charge in [-0.25, -0.2) is 5.10 Å². The maximum Gasteiger partial charge on any atom is 0.264 e. The summed E-state index contributed by atoms with van der Waals surface area (Å²) in [5.41, 5.74) is 1.26. The molecule has 0 radical (unpaired) electrons. The number of H-pyrrole nitrogens is 1. The highest BCUT2D eigenvalue weighted by Gasteiger charge is 2.09. The van der Waals surface area contributed by atoms with Gasteiger partial charge in [-0.1, -0.05) is 18.2 Å². The van der Waals surface area contributed by atoms with Crippen molar-refractivity contribution in [3.63, 3.8) is 0 Å². The lowest BCUT2D eigenvalue weighted by molar-refractivity contribution is 0.961. The molecule has 0 saturated carbocycles. The lowest BCUT2D eigenvalue weighted by atomic mass is 10.3. The number of hydrogen-bond acceptors (Lipinski definition) is 4. The van der Waals surface area contributed by atoms with Crippen LogP contribution in [0.2, 0.25) is 0 Å². The number of benzene rings is 1. The van der Waals surface area contributed by atoms with Gasteiger partial charge >= 0.3 is 0 Å². The molecule has 18 heavy (non-hydrogen) atoms. The van der Waals surface area contributed by atoms with Gasteiger partial charge in [0.05, 0.1) is 0 Å². The molecule has 0 atom stereocenters. The first kappa shape index (κ1) is 10.4. The third-order valence-corrected chi connectivity index (χ3v) is 2.49. The second kappa shape index (κ2) is 4.25. The zero-order chi connectivity index (χ0) is 12.4. The van der Waals surface area contributed by atoms with Gasteiger partial charge in [0, 0.05) is 11.8 Å². The predicted molar refractivity (Wildman–Crippen MR) is 65.2 cm³/mol. The van der Waals surface area contributed by atoms with E-state index in [1.54, 1.807) is 17.0 Å². The fourth-order valence-electron chi connectivity index (χ4n) is 1.66. The van der Waals surface area contributed by atoms with Crippen molar-refractivity contribution in [3.8, 4) is 17.2 Å². The van der Waals surface area contributed by atoms with E-state index in [1.165, 1.54) is 6.07 Å². The van der Waals surface area contributed by atoms with E-state index in [0.29, 0.717) is 11.5 Å². The van der Waals surface area contributed by atoms with Crippen molar-refractivity contribution < 1.29 is 0 Å². The fraction of sp³-hybridized carbons (Fsp3) is 0. The summed E-state index contributed by atoms with van der Waals surface area (Å²) in [6, 6.07) is 12.7. The summed E-state index contributed by atoms with van der Waals surface area (Å²) in [4.78, 5) is 11.0. The smallest absolute Gasteiger partial charge is 0.264 e. The Balaban J connectivity index is 2.12.